The van der Waals surface area contributed by atoms with Crippen LogP contribution >= 0.6 is 11.8 Å². The van der Waals surface area contributed by atoms with E-state index in [1.807, 2.05) is 0 Å². The van der Waals surface area contributed by atoms with E-state index in [-0.39, 0.29) is 21.0 Å². The molecule has 1 N–H and O–H groups in total. The lowest BCUT2D eigenvalue weighted by Crippen LogP contribution is -2.31. The van der Waals surface area contributed by atoms with Crippen LogP contribution in [0.25, 0.3) is 0 Å². The first-order valence-corrected chi connectivity index (χ1v) is 11.0. The first-order chi connectivity index (χ1) is 13.2. The molecule has 0 heterocycles. The number of halogens is 2. The van der Waals surface area contributed by atoms with Crippen molar-refractivity contribution in [3.63, 3.8) is 0 Å². The fourth-order valence-corrected chi connectivity index (χ4v) is 4.99. The van der Waals surface area contributed by atoms with Crippen LogP contribution in [0.4, 0.5) is 14.5 Å². The van der Waals surface area contributed by atoms with Crippen LogP contribution in [0.3, 0.4) is 0 Å². The second-order valence-corrected chi connectivity index (χ2v) is 8.84. The summed E-state index contributed by atoms with van der Waals surface area (Å²) in [5.41, 5.74) is 0.900. The predicted molar refractivity (Wildman–Crippen MR) is 108 cm³/mol. The van der Waals surface area contributed by atoms with E-state index in [1.165, 1.54) is 28.6 Å². The van der Waals surface area contributed by atoms with Gasteiger partial charge in [-0.2, -0.15) is 13.1 Å². The maximum Gasteiger partial charge on any atom is 0.288 e. The van der Waals surface area contributed by atoms with Gasteiger partial charge in [-0.05, 0) is 36.8 Å². The molecule has 0 aliphatic heterocycles. The normalized spacial score (nSPS) is 11.8. The molecule has 2 aromatic rings. The molecule has 0 radical (unpaired) electrons. The average Bonchev–Trinajstić information content (AvgIpc) is 2.63. The third-order valence-corrected chi connectivity index (χ3v) is 7.10. The second kappa shape index (κ2) is 9.49. The summed E-state index contributed by atoms with van der Waals surface area (Å²) in [6.45, 7) is 5.77. The summed E-state index contributed by atoms with van der Waals surface area (Å²) in [6.07, 6.45) is 0. The lowest BCUT2D eigenvalue weighted by Gasteiger charge is -2.20. The van der Waals surface area contributed by atoms with Gasteiger partial charge in [-0.25, -0.2) is 8.42 Å². The molecule has 0 atom stereocenters. The fourth-order valence-electron chi connectivity index (χ4n) is 2.68. The van der Waals surface area contributed by atoms with Crippen LogP contribution in [0.1, 0.15) is 29.8 Å². The quantitative estimate of drug-likeness (QED) is 0.625. The monoisotopic (exact) mass is 428 g/mol. The van der Waals surface area contributed by atoms with Gasteiger partial charge >= 0.3 is 0 Å². The number of para-hydroxylation sites is 1. The van der Waals surface area contributed by atoms with Crippen molar-refractivity contribution in [2.75, 3.05) is 18.4 Å². The molecule has 0 aliphatic carbocycles. The minimum absolute atomic E-state index is 0.0547. The molecule has 0 fully saturated rings. The van der Waals surface area contributed by atoms with Crippen LogP contribution in [-0.4, -0.2) is 37.5 Å². The average molecular weight is 429 g/mol. The highest BCUT2D eigenvalue weighted by Gasteiger charge is 2.25. The lowest BCUT2D eigenvalue weighted by atomic mass is 10.1. The summed E-state index contributed by atoms with van der Waals surface area (Å²) in [5, 5.41) is 2.59. The Hall–Kier alpha value is -1.97. The van der Waals surface area contributed by atoms with E-state index in [2.05, 4.69) is 5.32 Å². The Bertz CT molecular complexity index is 946. The zero-order valence-electron chi connectivity index (χ0n) is 15.8. The summed E-state index contributed by atoms with van der Waals surface area (Å²) < 4.78 is 52.4. The third kappa shape index (κ3) is 5.09. The second-order valence-electron chi connectivity index (χ2n) is 5.90. The Morgan fingerprint density at radius 3 is 2.39 bits per heavy atom. The topological polar surface area (TPSA) is 66.5 Å². The van der Waals surface area contributed by atoms with Gasteiger partial charge in [-0.15, -0.1) is 0 Å². The van der Waals surface area contributed by atoms with Gasteiger partial charge in [0.25, 0.3) is 11.7 Å². The number of nitrogens with zero attached hydrogens (tertiary/aromatic N) is 1. The van der Waals surface area contributed by atoms with Crippen LogP contribution in [0, 0.1) is 6.92 Å². The number of amides is 1. The van der Waals surface area contributed by atoms with Crippen LogP contribution in [0.15, 0.2) is 52.3 Å². The molecule has 0 spiro atoms. The summed E-state index contributed by atoms with van der Waals surface area (Å²) >= 11 is 0.331. The molecule has 0 saturated carbocycles. The smallest absolute Gasteiger partial charge is 0.288 e. The molecule has 5 nitrogen and oxygen atoms in total. The number of alkyl halides is 2. The number of anilines is 1. The Balaban J connectivity index is 2.36. The summed E-state index contributed by atoms with van der Waals surface area (Å²) in [6, 6.07) is 10.6. The highest BCUT2D eigenvalue weighted by molar-refractivity contribution is 7.99. The SMILES string of the molecule is CCN(CC)S(=O)(=O)c1cc(C(=O)Nc2ccccc2SC(F)F)ccc1C. The van der Waals surface area contributed by atoms with Crippen LogP contribution < -0.4 is 5.32 Å². The van der Waals surface area contributed by atoms with Gasteiger partial charge in [0, 0.05) is 23.5 Å². The Labute approximate surface area is 168 Å². The van der Waals surface area contributed by atoms with Gasteiger partial charge < -0.3 is 5.32 Å². The Morgan fingerprint density at radius 2 is 1.79 bits per heavy atom. The molecule has 0 saturated heterocycles. The largest absolute Gasteiger partial charge is 0.321 e. The number of sulfonamides is 1. The molecule has 0 aliphatic rings. The van der Waals surface area contributed by atoms with E-state index in [0.717, 1.165) is 0 Å². The standard InChI is InChI=1S/C19H22F2N2O3S2/c1-4-23(5-2)28(25,26)17-12-14(11-10-13(17)3)18(24)22-15-8-6-7-9-16(15)27-19(20)21/h6-12,19H,4-5H2,1-3H3,(H,22,24). The summed E-state index contributed by atoms with van der Waals surface area (Å²) in [7, 11) is -3.73. The molecule has 0 aromatic heterocycles. The van der Waals surface area contributed by atoms with Gasteiger partial charge in [0.15, 0.2) is 0 Å². The fraction of sp³-hybridized carbons (Fsp3) is 0.316. The third-order valence-electron chi connectivity index (χ3n) is 4.12. The van der Waals surface area contributed by atoms with Crippen molar-refractivity contribution in [3.8, 4) is 0 Å². The minimum Gasteiger partial charge on any atom is -0.321 e. The van der Waals surface area contributed by atoms with Crippen LogP contribution in [0.5, 0.6) is 0 Å². The van der Waals surface area contributed by atoms with E-state index >= 15 is 0 Å². The van der Waals surface area contributed by atoms with Crippen LogP contribution in [-0.2, 0) is 10.0 Å². The number of hydrogen-bond donors (Lipinski definition) is 1. The van der Waals surface area contributed by atoms with E-state index in [4.69, 9.17) is 0 Å². The summed E-state index contributed by atoms with van der Waals surface area (Å²) in [4.78, 5) is 12.9. The van der Waals surface area contributed by atoms with E-state index in [1.54, 1.807) is 39.0 Å². The molecule has 0 bridgehead atoms. The first-order valence-electron chi connectivity index (χ1n) is 8.66. The number of aryl methyl sites for hydroxylation is 1. The van der Waals surface area contributed by atoms with Gasteiger partial charge in [-0.1, -0.05) is 43.8 Å². The zero-order chi connectivity index (χ0) is 20.9. The van der Waals surface area contributed by atoms with E-state index < -0.39 is 21.7 Å². The molecule has 0 unspecified atom stereocenters. The molecule has 2 rings (SSSR count). The molecule has 9 heteroatoms. The molecule has 28 heavy (non-hydrogen) atoms. The zero-order valence-corrected chi connectivity index (χ0v) is 17.4. The highest BCUT2D eigenvalue weighted by Crippen LogP contribution is 2.32. The van der Waals surface area contributed by atoms with Crippen molar-refractivity contribution in [2.24, 2.45) is 0 Å². The van der Waals surface area contributed by atoms with Crippen molar-refractivity contribution >= 4 is 33.4 Å². The number of carbonyl (C=O) groups excluding carboxylic acids is 1. The molecule has 2 aromatic carbocycles. The maximum atomic E-state index is 12.8. The maximum absolute atomic E-state index is 12.8. The molecular formula is C19H22F2N2O3S2. The predicted octanol–water partition coefficient (Wildman–Crippen LogP) is 4.59. The van der Waals surface area contributed by atoms with Crippen molar-refractivity contribution in [2.45, 2.75) is 36.3 Å². The molecule has 152 valence electrons. The van der Waals surface area contributed by atoms with Crippen molar-refractivity contribution < 1.29 is 22.0 Å². The van der Waals surface area contributed by atoms with Gasteiger partial charge in [0.1, 0.15) is 0 Å². The van der Waals surface area contributed by atoms with E-state index in [0.29, 0.717) is 30.4 Å². The minimum atomic E-state index is -3.73. The highest BCUT2D eigenvalue weighted by atomic mass is 32.2. The number of benzene rings is 2. The van der Waals surface area contributed by atoms with Crippen LogP contribution in [0.2, 0.25) is 0 Å². The number of nitrogens with one attached hydrogen (secondary N) is 1. The Kier molecular flexibility index (Phi) is 7.56. The van der Waals surface area contributed by atoms with Gasteiger partial charge in [-0.3, -0.25) is 4.79 Å². The number of hydrogen-bond acceptors (Lipinski definition) is 4. The van der Waals surface area contributed by atoms with Gasteiger partial charge in [0.05, 0.1) is 10.6 Å². The number of carbonyl (C=O) groups is 1. The number of thioether (sulfide) groups is 1. The lowest BCUT2D eigenvalue weighted by molar-refractivity contribution is 0.102. The molecular weight excluding hydrogens is 406 g/mol. The van der Waals surface area contributed by atoms with Crippen molar-refractivity contribution in [1.82, 2.24) is 4.31 Å². The van der Waals surface area contributed by atoms with E-state index in [9.17, 15) is 22.0 Å². The first kappa shape index (κ1) is 22.3. The van der Waals surface area contributed by atoms with Gasteiger partial charge in [0.2, 0.25) is 10.0 Å². The van der Waals surface area contributed by atoms with Crippen molar-refractivity contribution in [3.05, 3.63) is 53.6 Å². The Morgan fingerprint density at radius 1 is 1.14 bits per heavy atom. The number of rotatable bonds is 8. The molecule has 1 amide bonds. The summed E-state index contributed by atoms with van der Waals surface area (Å²) in [5.74, 6) is -3.19. The van der Waals surface area contributed by atoms with Crippen molar-refractivity contribution in [1.29, 1.82) is 0 Å².